The summed E-state index contributed by atoms with van der Waals surface area (Å²) in [6.07, 6.45) is 0. The molecule has 0 fully saturated rings. The van der Waals surface area contributed by atoms with Crippen LogP contribution in [0.15, 0.2) is 9.41 Å². The number of halogens is 1. The minimum absolute atomic E-state index is 0. The second kappa shape index (κ2) is 7.72. The third kappa shape index (κ3) is 6.79. The molecule has 1 heterocycles. The van der Waals surface area contributed by atoms with Crippen LogP contribution in [0.4, 0.5) is 0 Å². The third-order valence-corrected chi connectivity index (χ3v) is 2.28. The van der Waals surface area contributed by atoms with Crippen molar-refractivity contribution < 1.29 is 4.42 Å². The summed E-state index contributed by atoms with van der Waals surface area (Å²) in [5.74, 6) is 2.28. The lowest BCUT2D eigenvalue weighted by Gasteiger charge is -2.23. The van der Waals surface area contributed by atoms with Crippen LogP contribution < -0.4 is 10.6 Å². The van der Waals surface area contributed by atoms with Crippen LogP contribution in [-0.2, 0) is 6.54 Å². The monoisotopic (exact) mass is 380 g/mol. The summed E-state index contributed by atoms with van der Waals surface area (Å²) in [7, 11) is 0. The standard InChI is InChI=1S/C13H24N4O.HI/c1-7-14-12(17-13(4,5)6)15-8-11-16-9(2)10(3)18-11;/h7-8H2,1-6H3,(H2,14,15,17);1H. The Labute approximate surface area is 132 Å². The predicted octanol–water partition coefficient (Wildman–Crippen LogP) is 2.76. The van der Waals surface area contributed by atoms with Crippen molar-refractivity contribution in [1.82, 2.24) is 15.6 Å². The van der Waals surface area contributed by atoms with Gasteiger partial charge in [0.05, 0.1) is 5.69 Å². The number of oxazole rings is 1. The van der Waals surface area contributed by atoms with E-state index in [2.05, 4.69) is 41.4 Å². The zero-order valence-corrected chi connectivity index (χ0v) is 15.0. The summed E-state index contributed by atoms with van der Waals surface area (Å²) in [4.78, 5) is 8.77. The minimum Gasteiger partial charge on any atom is -0.444 e. The van der Waals surface area contributed by atoms with E-state index in [1.165, 1.54) is 0 Å². The van der Waals surface area contributed by atoms with Gasteiger partial charge in [0.1, 0.15) is 12.3 Å². The molecule has 0 aliphatic rings. The quantitative estimate of drug-likeness (QED) is 0.481. The van der Waals surface area contributed by atoms with Gasteiger partial charge in [-0.3, -0.25) is 0 Å². The Morgan fingerprint density at radius 2 is 1.95 bits per heavy atom. The molecule has 0 amide bonds. The Morgan fingerprint density at radius 3 is 2.37 bits per heavy atom. The fraction of sp³-hybridized carbons (Fsp3) is 0.692. The highest BCUT2D eigenvalue weighted by Crippen LogP contribution is 2.09. The van der Waals surface area contributed by atoms with Gasteiger partial charge >= 0.3 is 0 Å². The topological polar surface area (TPSA) is 62.5 Å². The summed E-state index contributed by atoms with van der Waals surface area (Å²) in [6.45, 7) is 13.4. The number of guanidine groups is 1. The zero-order valence-electron chi connectivity index (χ0n) is 12.6. The summed E-state index contributed by atoms with van der Waals surface area (Å²) in [5, 5.41) is 6.52. The summed E-state index contributed by atoms with van der Waals surface area (Å²) >= 11 is 0. The van der Waals surface area contributed by atoms with Crippen molar-refractivity contribution in [3.05, 3.63) is 17.3 Å². The maximum Gasteiger partial charge on any atom is 0.216 e. The lowest BCUT2D eigenvalue weighted by molar-refractivity contribution is 0.469. The number of nitrogens with zero attached hydrogens (tertiary/aromatic N) is 2. The fourth-order valence-electron chi connectivity index (χ4n) is 1.42. The van der Waals surface area contributed by atoms with E-state index in [1.54, 1.807) is 0 Å². The van der Waals surface area contributed by atoms with E-state index < -0.39 is 0 Å². The number of aromatic nitrogens is 1. The molecule has 0 atom stereocenters. The van der Waals surface area contributed by atoms with E-state index in [4.69, 9.17) is 4.42 Å². The molecule has 0 saturated heterocycles. The van der Waals surface area contributed by atoms with E-state index in [9.17, 15) is 0 Å². The van der Waals surface area contributed by atoms with Gasteiger partial charge in [-0.1, -0.05) is 0 Å². The lowest BCUT2D eigenvalue weighted by atomic mass is 10.1. The van der Waals surface area contributed by atoms with E-state index >= 15 is 0 Å². The van der Waals surface area contributed by atoms with Crippen molar-refractivity contribution in [2.45, 2.75) is 53.6 Å². The van der Waals surface area contributed by atoms with Crippen molar-refractivity contribution in [3.8, 4) is 0 Å². The summed E-state index contributed by atoms with van der Waals surface area (Å²) in [6, 6.07) is 0. The van der Waals surface area contributed by atoms with Crippen molar-refractivity contribution in [3.63, 3.8) is 0 Å². The zero-order chi connectivity index (χ0) is 13.8. The van der Waals surface area contributed by atoms with Gasteiger partial charge in [-0.05, 0) is 41.5 Å². The first-order valence-corrected chi connectivity index (χ1v) is 6.31. The molecule has 1 aromatic rings. The predicted molar refractivity (Wildman–Crippen MR) is 89.1 cm³/mol. The van der Waals surface area contributed by atoms with Crippen molar-refractivity contribution in [2.24, 2.45) is 4.99 Å². The Balaban J connectivity index is 0.00000324. The smallest absolute Gasteiger partial charge is 0.216 e. The fourth-order valence-corrected chi connectivity index (χ4v) is 1.42. The van der Waals surface area contributed by atoms with Gasteiger partial charge in [0, 0.05) is 12.1 Å². The molecular weight excluding hydrogens is 355 g/mol. The van der Waals surface area contributed by atoms with Gasteiger partial charge in [-0.2, -0.15) is 0 Å². The van der Waals surface area contributed by atoms with Gasteiger partial charge in [-0.25, -0.2) is 9.98 Å². The second-order valence-electron chi connectivity index (χ2n) is 5.32. The van der Waals surface area contributed by atoms with Crippen LogP contribution in [0.25, 0.3) is 0 Å². The van der Waals surface area contributed by atoms with Crippen LogP contribution in [0.5, 0.6) is 0 Å². The molecule has 0 unspecified atom stereocenters. The molecule has 0 aromatic carbocycles. The molecule has 0 aliphatic carbocycles. The van der Waals surface area contributed by atoms with E-state index in [-0.39, 0.29) is 29.5 Å². The molecule has 0 spiro atoms. The van der Waals surface area contributed by atoms with Crippen LogP contribution in [0.2, 0.25) is 0 Å². The molecule has 110 valence electrons. The highest BCUT2D eigenvalue weighted by molar-refractivity contribution is 14.0. The van der Waals surface area contributed by atoms with Crippen molar-refractivity contribution in [1.29, 1.82) is 0 Å². The Hall–Kier alpha value is -0.790. The maximum atomic E-state index is 5.50. The number of aryl methyl sites for hydroxylation is 2. The average molecular weight is 380 g/mol. The first-order chi connectivity index (χ1) is 8.31. The SMILES string of the molecule is CCNC(=NCc1nc(C)c(C)o1)NC(C)(C)C.I. The summed E-state index contributed by atoms with van der Waals surface area (Å²) in [5.41, 5.74) is 0.901. The number of aliphatic imine (C=N–C) groups is 1. The largest absolute Gasteiger partial charge is 0.444 e. The van der Waals surface area contributed by atoms with Crippen LogP contribution in [0.1, 0.15) is 45.0 Å². The number of hydrogen-bond donors (Lipinski definition) is 2. The molecule has 19 heavy (non-hydrogen) atoms. The molecular formula is C13H25IN4O. The summed E-state index contributed by atoms with van der Waals surface area (Å²) < 4.78 is 5.50. The second-order valence-corrected chi connectivity index (χ2v) is 5.32. The maximum absolute atomic E-state index is 5.50. The third-order valence-electron chi connectivity index (χ3n) is 2.28. The molecule has 0 saturated carbocycles. The number of hydrogen-bond acceptors (Lipinski definition) is 3. The molecule has 1 aromatic heterocycles. The lowest BCUT2D eigenvalue weighted by Crippen LogP contribution is -2.47. The Bertz CT molecular complexity index is 401. The van der Waals surface area contributed by atoms with E-state index in [0.29, 0.717) is 12.4 Å². The Morgan fingerprint density at radius 1 is 1.32 bits per heavy atom. The number of rotatable bonds is 3. The van der Waals surface area contributed by atoms with Crippen LogP contribution in [0.3, 0.4) is 0 Å². The molecule has 1 rings (SSSR count). The van der Waals surface area contributed by atoms with Crippen LogP contribution in [0, 0.1) is 13.8 Å². The highest BCUT2D eigenvalue weighted by Gasteiger charge is 2.12. The van der Waals surface area contributed by atoms with Crippen molar-refractivity contribution in [2.75, 3.05) is 6.54 Å². The molecule has 2 N–H and O–H groups in total. The van der Waals surface area contributed by atoms with Gasteiger partial charge in [-0.15, -0.1) is 24.0 Å². The van der Waals surface area contributed by atoms with E-state index in [0.717, 1.165) is 24.0 Å². The molecule has 5 nitrogen and oxygen atoms in total. The van der Waals surface area contributed by atoms with Gasteiger partial charge in [0.25, 0.3) is 0 Å². The molecule has 6 heteroatoms. The van der Waals surface area contributed by atoms with Crippen LogP contribution in [-0.4, -0.2) is 23.0 Å². The molecule has 0 bridgehead atoms. The molecule has 0 aliphatic heterocycles. The Kier molecular flexibility index (Phi) is 7.39. The minimum atomic E-state index is -0.0244. The molecule has 0 radical (unpaired) electrons. The van der Waals surface area contributed by atoms with Gasteiger partial charge < -0.3 is 15.1 Å². The normalized spacial score (nSPS) is 12.0. The van der Waals surface area contributed by atoms with Crippen LogP contribution >= 0.6 is 24.0 Å². The van der Waals surface area contributed by atoms with E-state index in [1.807, 2.05) is 20.8 Å². The average Bonchev–Trinajstić information content (AvgIpc) is 2.53. The number of nitrogens with one attached hydrogen (secondary N) is 2. The highest BCUT2D eigenvalue weighted by atomic mass is 127. The first-order valence-electron chi connectivity index (χ1n) is 6.31. The van der Waals surface area contributed by atoms with Crippen molar-refractivity contribution >= 4 is 29.9 Å². The van der Waals surface area contributed by atoms with Gasteiger partial charge in [0.15, 0.2) is 5.96 Å². The van der Waals surface area contributed by atoms with Gasteiger partial charge in [0.2, 0.25) is 5.89 Å². The first kappa shape index (κ1) is 18.2.